The first-order valence-electron chi connectivity index (χ1n) is 11.7. The second kappa shape index (κ2) is 10.8. The maximum atomic E-state index is 13.0. The zero-order chi connectivity index (χ0) is 25.8. The Labute approximate surface area is 220 Å². The number of carbonyl (C=O) groups is 1. The summed E-state index contributed by atoms with van der Waals surface area (Å²) in [6.45, 7) is 4.19. The van der Waals surface area contributed by atoms with E-state index in [1.165, 1.54) is 6.33 Å². The number of anilines is 1. The Balaban J connectivity index is 1.52. The molecule has 9 heteroatoms. The van der Waals surface area contributed by atoms with Gasteiger partial charge in [0.05, 0.1) is 0 Å². The number of carbonyl (C=O) groups excluding carboxylic acids is 1. The number of hydrogen-bond acceptors (Lipinski definition) is 7. The van der Waals surface area contributed by atoms with Crippen molar-refractivity contribution in [1.29, 1.82) is 0 Å². The van der Waals surface area contributed by atoms with Gasteiger partial charge in [0, 0.05) is 0 Å². The zero-order valence-electron chi connectivity index (χ0n) is 20.2. The van der Waals surface area contributed by atoms with E-state index in [0.717, 1.165) is 19.9 Å². The molecule has 2 aromatic carbocycles. The minimum atomic E-state index is -1.06. The molecule has 0 aliphatic heterocycles. The number of aromatic hydroxyl groups is 1. The molecule has 5 aromatic rings. The van der Waals surface area contributed by atoms with Crippen LogP contribution in [0.1, 0.15) is 35.8 Å². The molecule has 184 valence electrons. The Hall–Kier alpha value is -4.29. The van der Waals surface area contributed by atoms with Crippen LogP contribution in [0.5, 0.6) is 17.2 Å². The molecule has 0 aliphatic rings. The van der Waals surface area contributed by atoms with Crippen molar-refractivity contribution in [2.24, 2.45) is 0 Å². The van der Waals surface area contributed by atoms with Crippen LogP contribution in [0.4, 0.5) is 5.82 Å². The van der Waals surface area contributed by atoms with Gasteiger partial charge >= 0.3 is 221 Å². The Kier molecular flexibility index (Phi) is 7.10. The van der Waals surface area contributed by atoms with Gasteiger partial charge in [-0.2, -0.15) is 0 Å². The van der Waals surface area contributed by atoms with Gasteiger partial charge in [-0.3, -0.25) is 0 Å². The number of rotatable bonds is 7. The summed E-state index contributed by atoms with van der Waals surface area (Å²) in [7, 11) is 0. The van der Waals surface area contributed by atoms with Crippen molar-refractivity contribution >= 4 is 47.3 Å². The molecule has 1 atom stereocenters. The minimum absolute atomic E-state index is 0.156. The van der Waals surface area contributed by atoms with Crippen LogP contribution in [0.25, 0.3) is 11.0 Å². The van der Waals surface area contributed by atoms with Crippen molar-refractivity contribution in [3.8, 4) is 17.2 Å². The molecule has 0 radical (unpaired) electrons. The molecule has 0 fully saturated rings. The van der Waals surface area contributed by atoms with Gasteiger partial charge in [-0.15, -0.1) is 0 Å². The van der Waals surface area contributed by atoms with Gasteiger partial charge in [-0.25, -0.2) is 0 Å². The quantitative estimate of drug-likeness (QED) is 0.296. The molecule has 1 amide bonds. The number of phenols is 1. The topological polar surface area (TPSA) is 110 Å². The molecule has 0 bridgehead atoms. The van der Waals surface area contributed by atoms with Crippen molar-refractivity contribution in [3.05, 3.63) is 96.6 Å². The molecular formula is C28H24AsN5O3. The first-order chi connectivity index (χ1) is 18.0. The van der Waals surface area contributed by atoms with Crippen molar-refractivity contribution in [2.45, 2.75) is 19.8 Å². The van der Waals surface area contributed by atoms with Crippen molar-refractivity contribution in [3.63, 3.8) is 0 Å². The van der Waals surface area contributed by atoms with E-state index in [2.05, 4.69) is 34.1 Å². The van der Waals surface area contributed by atoms with Crippen LogP contribution in [-0.2, 0) is 0 Å². The van der Waals surface area contributed by atoms with E-state index in [9.17, 15) is 9.90 Å². The zero-order valence-corrected chi connectivity index (χ0v) is 22.3. The monoisotopic (exact) mass is 553 g/mol. The molecule has 3 aromatic heterocycles. The predicted molar refractivity (Wildman–Crippen MR) is 145 cm³/mol. The van der Waals surface area contributed by atoms with Gasteiger partial charge in [0.25, 0.3) is 0 Å². The predicted octanol–water partition coefficient (Wildman–Crippen LogP) is 3.68. The summed E-state index contributed by atoms with van der Waals surface area (Å²) in [6, 6.07) is 21.2. The SMILES string of the molecule is CC(C)c1ccc2c([AsH]c3cc(C(=O)Nc4ccccn4)ccc3Oc3ccc(O)cc3)ncnc2n1. The number of benzene rings is 2. The average Bonchev–Trinajstić information content (AvgIpc) is 2.91. The van der Waals surface area contributed by atoms with Crippen LogP contribution < -0.4 is 18.9 Å². The first-order valence-corrected chi connectivity index (χ1v) is 13.8. The molecular weight excluding hydrogens is 529 g/mol. The van der Waals surface area contributed by atoms with Gasteiger partial charge in [0.2, 0.25) is 0 Å². The average molecular weight is 553 g/mol. The third kappa shape index (κ3) is 5.76. The molecule has 0 aliphatic carbocycles. The molecule has 37 heavy (non-hydrogen) atoms. The molecule has 0 saturated heterocycles. The first kappa shape index (κ1) is 24.4. The Morgan fingerprint density at radius 3 is 2.57 bits per heavy atom. The number of amides is 1. The number of nitrogens with zero attached hydrogens (tertiary/aromatic N) is 4. The number of pyridine rings is 2. The number of aromatic nitrogens is 4. The summed E-state index contributed by atoms with van der Waals surface area (Å²) in [5.74, 6) is 1.86. The van der Waals surface area contributed by atoms with E-state index in [1.54, 1.807) is 54.7 Å². The number of nitrogens with one attached hydrogen (secondary N) is 1. The van der Waals surface area contributed by atoms with Crippen LogP contribution in [0.2, 0.25) is 0 Å². The summed E-state index contributed by atoms with van der Waals surface area (Å²) in [6.07, 6.45) is 3.16. The fourth-order valence-electron chi connectivity index (χ4n) is 3.63. The Morgan fingerprint density at radius 1 is 0.973 bits per heavy atom. The Bertz CT molecular complexity index is 1560. The van der Waals surface area contributed by atoms with Crippen LogP contribution in [-0.4, -0.2) is 46.7 Å². The third-order valence-electron chi connectivity index (χ3n) is 5.58. The summed E-state index contributed by atoms with van der Waals surface area (Å²) in [4.78, 5) is 30.9. The summed E-state index contributed by atoms with van der Waals surface area (Å²) < 4.78 is 7.95. The summed E-state index contributed by atoms with van der Waals surface area (Å²) in [5.41, 5.74) is 2.12. The second-order valence-corrected chi connectivity index (χ2v) is 11.2. The van der Waals surface area contributed by atoms with Crippen molar-refractivity contribution in [1.82, 2.24) is 19.9 Å². The molecule has 5 rings (SSSR count). The van der Waals surface area contributed by atoms with Crippen LogP contribution in [0.3, 0.4) is 0 Å². The standard InChI is InChI=1S/C28H24AsN5O3/c1-17(2)23-12-11-21-26(31-16-32-27(21)33-23)29-22-15-18(28(36)34-25-5-3-4-14-30-25)6-13-24(22)37-20-9-7-19(35)8-10-20/h3-17,29,35H,1-2H3,(H,30,34,36). The fourth-order valence-corrected chi connectivity index (χ4v) is 6.13. The second-order valence-electron chi connectivity index (χ2n) is 8.59. The number of hydrogen-bond donors (Lipinski definition) is 2. The molecule has 0 saturated carbocycles. The van der Waals surface area contributed by atoms with E-state index in [1.807, 2.05) is 24.3 Å². The van der Waals surface area contributed by atoms with E-state index in [-0.39, 0.29) is 11.7 Å². The van der Waals surface area contributed by atoms with E-state index >= 15 is 0 Å². The Morgan fingerprint density at radius 2 is 1.81 bits per heavy atom. The molecule has 0 spiro atoms. The molecule has 3 heterocycles. The van der Waals surface area contributed by atoms with E-state index < -0.39 is 15.8 Å². The van der Waals surface area contributed by atoms with Gasteiger partial charge in [-0.1, -0.05) is 0 Å². The van der Waals surface area contributed by atoms with E-state index in [4.69, 9.17) is 9.72 Å². The van der Waals surface area contributed by atoms with Crippen LogP contribution in [0.15, 0.2) is 85.3 Å². The molecule has 1 unspecified atom stereocenters. The maximum absolute atomic E-state index is 13.0. The van der Waals surface area contributed by atoms with Crippen molar-refractivity contribution in [2.75, 3.05) is 5.32 Å². The van der Waals surface area contributed by atoms with Gasteiger partial charge in [0.1, 0.15) is 0 Å². The number of phenolic OH excluding ortho intramolecular Hbond substituents is 1. The third-order valence-corrected chi connectivity index (χ3v) is 8.29. The van der Waals surface area contributed by atoms with Gasteiger partial charge in [-0.05, 0) is 0 Å². The van der Waals surface area contributed by atoms with E-state index in [0.29, 0.717) is 34.4 Å². The normalized spacial score (nSPS) is 11.3. The van der Waals surface area contributed by atoms with Gasteiger partial charge < -0.3 is 0 Å². The number of ether oxygens (including phenoxy) is 1. The van der Waals surface area contributed by atoms with Gasteiger partial charge in [0.15, 0.2) is 0 Å². The summed E-state index contributed by atoms with van der Waals surface area (Å²) >= 11 is -1.06. The number of fused-ring (bicyclic) bond motifs is 1. The molecule has 8 nitrogen and oxygen atoms in total. The summed E-state index contributed by atoms with van der Waals surface area (Å²) in [5, 5.41) is 13.4. The molecule has 2 N–H and O–H groups in total. The fraction of sp³-hybridized carbons (Fsp3) is 0.107. The van der Waals surface area contributed by atoms with Crippen LogP contribution >= 0.6 is 0 Å². The van der Waals surface area contributed by atoms with Crippen LogP contribution in [0, 0.1) is 0 Å². The van der Waals surface area contributed by atoms with Crippen molar-refractivity contribution < 1.29 is 14.6 Å².